The van der Waals surface area contributed by atoms with E-state index in [-0.39, 0.29) is 21.2 Å². The molecule has 2 aromatic rings. The highest BCUT2D eigenvalue weighted by Crippen LogP contribution is 2.39. The van der Waals surface area contributed by atoms with Crippen LogP contribution in [-0.4, -0.2) is 19.7 Å². The summed E-state index contributed by atoms with van der Waals surface area (Å²) in [5.74, 6) is -0.398. The van der Waals surface area contributed by atoms with Crippen LogP contribution in [0, 0.1) is 12.7 Å². The first kappa shape index (κ1) is 18.8. The molecule has 0 aliphatic carbocycles. The van der Waals surface area contributed by atoms with Crippen molar-refractivity contribution in [3.8, 4) is 0 Å². The van der Waals surface area contributed by atoms with Gasteiger partial charge in [-0.25, -0.2) is 12.8 Å². The lowest BCUT2D eigenvalue weighted by Crippen LogP contribution is -2.46. The molecule has 0 saturated heterocycles. The largest absolute Gasteiger partial charge is 0.257 e. The van der Waals surface area contributed by atoms with Gasteiger partial charge in [-0.1, -0.05) is 33.6 Å². The molecule has 9 heteroatoms. The third kappa shape index (κ3) is 3.64. The maximum Gasteiger partial charge on any atom is 0.243 e. The van der Waals surface area contributed by atoms with Crippen molar-refractivity contribution in [2.75, 3.05) is 5.75 Å². The molecule has 0 aromatic heterocycles. The second-order valence-electron chi connectivity index (χ2n) is 5.52. The van der Waals surface area contributed by atoms with E-state index in [1.807, 2.05) is 0 Å². The van der Waals surface area contributed by atoms with Crippen molar-refractivity contribution in [3.63, 3.8) is 0 Å². The standard InChI is InChI=1S/C16H13BrClFN2O2S2/c1-10-7-11(17)5-6-14(10)25(22,23)21-16(8-24-9-20-16)15-12(18)3-2-4-13(15)19/h2-7,9,21H,8H2,1H3. The van der Waals surface area contributed by atoms with E-state index in [1.54, 1.807) is 19.1 Å². The van der Waals surface area contributed by atoms with Gasteiger partial charge in [0, 0.05) is 10.2 Å². The van der Waals surface area contributed by atoms with E-state index in [4.69, 9.17) is 11.6 Å². The number of hydrogen-bond acceptors (Lipinski definition) is 4. The minimum atomic E-state index is -3.95. The van der Waals surface area contributed by atoms with Crippen molar-refractivity contribution >= 4 is 54.9 Å². The van der Waals surface area contributed by atoms with Gasteiger partial charge in [0.05, 0.1) is 21.0 Å². The highest BCUT2D eigenvalue weighted by molar-refractivity contribution is 9.10. The highest BCUT2D eigenvalue weighted by atomic mass is 79.9. The number of aliphatic imine (C=N–C) groups is 1. The minimum Gasteiger partial charge on any atom is -0.257 e. The Kier molecular flexibility index (Phi) is 5.28. The molecule has 25 heavy (non-hydrogen) atoms. The number of nitrogens with zero attached hydrogens (tertiary/aromatic N) is 1. The van der Waals surface area contributed by atoms with Crippen molar-refractivity contribution in [2.24, 2.45) is 4.99 Å². The van der Waals surface area contributed by atoms with Crippen LogP contribution in [-0.2, 0) is 15.7 Å². The van der Waals surface area contributed by atoms with Gasteiger partial charge in [0.15, 0.2) is 5.66 Å². The van der Waals surface area contributed by atoms with Crippen molar-refractivity contribution in [2.45, 2.75) is 17.5 Å². The van der Waals surface area contributed by atoms with Gasteiger partial charge in [-0.3, -0.25) is 4.99 Å². The summed E-state index contributed by atoms with van der Waals surface area (Å²) in [5, 5.41) is 0.120. The van der Waals surface area contributed by atoms with Crippen LogP contribution in [0.4, 0.5) is 4.39 Å². The smallest absolute Gasteiger partial charge is 0.243 e. The molecule has 0 saturated carbocycles. The Morgan fingerprint density at radius 2 is 2.12 bits per heavy atom. The molecular weight excluding hydrogens is 451 g/mol. The second-order valence-corrected chi connectivity index (χ2v) is 9.32. The van der Waals surface area contributed by atoms with E-state index in [1.165, 1.54) is 41.6 Å². The third-order valence-corrected chi connectivity index (χ3v) is 7.04. The molecule has 1 heterocycles. The van der Waals surface area contributed by atoms with Crippen molar-refractivity contribution in [1.82, 2.24) is 4.72 Å². The first-order chi connectivity index (χ1) is 11.8. The molecule has 0 bridgehead atoms. The number of benzene rings is 2. The monoisotopic (exact) mass is 462 g/mol. The molecule has 0 amide bonds. The fraction of sp³-hybridized carbons (Fsp3) is 0.188. The molecule has 1 unspecified atom stereocenters. The first-order valence-electron chi connectivity index (χ1n) is 7.15. The van der Waals surface area contributed by atoms with Gasteiger partial charge in [-0.05, 0) is 42.8 Å². The lowest BCUT2D eigenvalue weighted by molar-refractivity contribution is 0.442. The zero-order chi connectivity index (χ0) is 18.2. The molecule has 0 fully saturated rings. The Labute approximate surface area is 163 Å². The van der Waals surface area contributed by atoms with Gasteiger partial charge in [-0.15, -0.1) is 11.8 Å². The number of thioether (sulfide) groups is 1. The van der Waals surface area contributed by atoms with Crippen LogP contribution in [0.5, 0.6) is 0 Å². The molecule has 0 radical (unpaired) electrons. The fourth-order valence-electron chi connectivity index (χ4n) is 2.65. The lowest BCUT2D eigenvalue weighted by atomic mass is 10.0. The molecule has 1 aliphatic rings. The molecule has 1 atom stereocenters. The van der Waals surface area contributed by atoms with Crippen LogP contribution < -0.4 is 4.72 Å². The number of halogens is 3. The number of nitrogens with one attached hydrogen (secondary N) is 1. The maximum absolute atomic E-state index is 14.4. The maximum atomic E-state index is 14.4. The Bertz CT molecular complexity index is 948. The molecule has 3 rings (SSSR count). The van der Waals surface area contributed by atoms with Crippen molar-refractivity contribution < 1.29 is 12.8 Å². The Balaban J connectivity index is 2.10. The number of sulfonamides is 1. The van der Waals surface area contributed by atoms with Crippen LogP contribution >= 0.6 is 39.3 Å². The molecule has 0 spiro atoms. The summed E-state index contributed by atoms with van der Waals surface area (Å²) in [6, 6.07) is 9.04. The zero-order valence-electron chi connectivity index (χ0n) is 13.0. The van der Waals surface area contributed by atoms with Crippen LogP contribution in [0.2, 0.25) is 5.02 Å². The summed E-state index contributed by atoms with van der Waals surface area (Å²) < 4.78 is 43.7. The summed E-state index contributed by atoms with van der Waals surface area (Å²) in [6.07, 6.45) is 0. The van der Waals surface area contributed by atoms with E-state index in [0.717, 1.165) is 4.47 Å². The summed E-state index contributed by atoms with van der Waals surface area (Å²) in [7, 11) is -3.95. The summed E-state index contributed by atoms with van der Waals surface area (Å²) in [5.41, 5.74) is 0.605. The average molecular weight is 464 g/mol. The highest BCUT2D eigenvalue weighted by Gasteiger charge is 2.42. The predicted molar refractivity (Wildman–Crippen MR) is 103 cm³/mol. The van der Waals surface area contributed by atoms with Crippen LogP contribution in [0.15, 0.2) is 50.8 Å². The molecule has 1 aliphatic heterocycles. The quantitative estimate of drug-likeness (QED) is 0.728. The Hall–Kier alpha value is -0.930. The average Bonchev–Trinajstić information content (AvgIpc) is 2.94. The Morgan fingerprint density at radius 1 is 1.36 bits per heavy atom. The second kappa shape index (κ2) is 7.00. The molecule has 1 N–H and O–H groups in total. The third-order valence-electron chi connectivity index (χ3n) is 3.75. The van der Waals surface area contributed by atoms with E-state index in [9.17, 15) is 12.8 Å². The summed E-state index contributed by atoms with van der Waals surface area (Å²) in [6.45, 7) is 1.69. The molecular formula is C16H13BrClFN2O2S2. The van der Waals surface area contributed by atoms with Crippen LogP contribution in [0.1, 0.15) is 11.1 Å². The first-order valence-corrected chi connectivity index (χ1v) is 10.9. The van der Waals surface area contributed by atoms with Gasteiger partial charge >= 0.3 is 0 Å². The molecule has 4 nitrogen and oxygen atoms in total. The summed E-state index contributed by atoms with van der Waals surface area (Å²) >= 11 is 10.8. The van der Waals surface area contributed by atoms with E-state index >= 15 is 0 Å². The van der Waals surface area contributed by atoms with Crippen LogP contribution in [0.3, 0.4) is 0 Å². The van der Waals surface area contributed by atoms with Crippen LogP contribution in [0.25, 0.3) is 0 Å². The van der Waals surface area contributed by atoms with Gasteiger partial charge in [0.1, 0.15) is 5.82 Å². The number of hydrogen-bond donors (Lipinski definition) is 1. The predicted octanol–water partition coefficient (Wildman–Crippen LogP) is 4.46. The topological polar surface area (TPSA) is 58.5 Å². The lowest BCUT2D eigenvalue weighted by Gasteiger charge is -2.28. The SMILES string of the molecule is Cc1cc(Br)ccc1S(=O)(=O)NC1(c2c(F)cccc2Cl)CSC=N1. The van der Waals surface area contributed by atoms with Gasteiger partial charge in [-0.2, -0.15) is 4.72 Å². The normalized spacial score (nSPS) is 20.2. The van der Waals surface area contributed by atoms with Gasteiger partial charge in [0.25, 0.3) is 0 Å². The zero-order valence-corrected chi connectivity index (χ0v) is 16.9. The van der Waals surface area contributed by atoms with Crippen molar-refractivity contribution in [3.05, 3.63) is 62.8 Å². The fourth-order valence-corrected chi connectivity index (χ4v) is 5.91. The van der Waals surface area contributed by atoms with E-state index in [2.05, 4.69) is 25.6 Å². The van der Waals surface area contributed by atoms with Gasteiger partial charge in [0.2, 0.25) is 10.0 Å². The van der Waals surface area contributed by atoms with Gasteiger partial charge < -0.3 is 0 Å². The summed E-state index contributed by atoms with van der Waals surface area (Å²) in [4.78, 5) is 4.34. The Morgan fingerprint density at radius 3 is 2.72 bits per heavy atom. The number of aryl methyl sites for hydroxylation is 1. The minimum absolute atomic E-state index is 0.0243. The number of rotatable bonds is 4. The van der Waals surface area contributed by atoms with E-state index in [0.29, 0.717) is 5.56 Å². The van der Waals surface area contributed by atoms with Crippen molar-refractivity contribution in [1.29, 1.82) is 0 Å². The molecule has 2 aromatic carbocycles. The van der Waals surface area contributed by atoms with E-state index < -0.39 is 21.5 Å². The molecule has 132 valence electrons.